The van der Waals surface area contributed by atoms with E-state index in [4.69, 9.17) is 4.74 Å². The molecule has 0 spiro atoms. The minimum Gasteiger partial charge on any atom is -0.507 e. The fourth-order valence-electron chi connectivity index (χ4n) is 3.70. The zero-order valence-corrected chi connectivity index (χ0v) is 18.0. The first kappa shape index (κ1) is 22.3. The second-order valence-corrected chi connectivity index (χ2v) is 7.69. The predicted molar refractivity (Wildman–Crippen MR) is 121 cm³/mol. The molecule has 6 nitrogen and oxygen atoms in total. The number of aliphatic hydroxyl groups is 1. The maximum atomic E-state index is 13.0. The monoisotopic (exact) mass is 420 g/mol. The SMILES string of the molecule is C=CCOc1cccc([C@H]2C(=C(O)c3ccccc3)C(=O)C(=O)N2CCCN(C)C)c1. The third-order valence-corrected chi connectivity index (χ3v) is 5.13. The van der Waals surface area contributed by atoms with Gasteiger partial charge in [0, 0.05) is 12.1 Å². The smallest absolute Gasteiger partial charge is 0.295 e. The molecule has 1 saturated heterocycles. The predicted octanol–water partition coefficient (Wildman–Crippen LogP) is 3.62. The van der Waals surface area contributed by atoms with Crippen molar-refractivity contribution >= 4 is 17.4 Å². The number of ether oxygens (including phenoxy) is 1. The van der Waals surface area contributed by atoms with Gasteiger partial charge in [0.25, 0.3) is 11.7 Å². The maximum Gasteiger partial charge on any atom is 0.295 e. The highest BCUT2D eigenvalue weighted by molar-refractivity contribution is 6.46. The van der Waals surface area contributed by atoms with E-state index in [1.54, 1.807) is 41.3 Å². The molecule has 0 bridgehead atoms. The van der Waals surface area contributed by atoms with E-state index in [0.29, 0.717) is 36.4 Å². The van der Waals surface area contributed by atoms with Crippen molar-refractivity contribution in [3.63, 3.8) is 0 Å². The summed E-state index contributed by atoms with van der Waals surface area (Å²) in [7, 11) is 3.92. The number of benzene rings is 2. The quantitative estimate of drug-likeness (QED) is 0.290. The zero-order valence-electron chi connectivity index (χ0n) is 18.0. The van der Waals surface area contributed by atoms with Crippen molar-refractivity contribution in [2.75, 3.05) is 33.8 Å². The fraction of sp³-hybridized carbons (Fsp3) is 0.280. The van der Waals surface area contributed by atoms with Crippen LogP contribution in [0.5, 0.6) is 5.75 Å². The van der Waals surface area contributed by atoms with Crippen LogP contribution in [0.2, 0.25) is 0 Å². The summed E-state index contributed by atoms with van der Waals surface area (Å²) in [5.74, 6) is -0.834. The lowest BCUT2D eigenvalue weighted by molar-refractivity contribution is -0.139. The molecule has 1 atom stereocenters. The van der Waals surface area contributed by atoms with Gasteiger partial charge in [-0.1, -0.05) is 55.1 Å². The maximum absolute atomic E-state index is 13.0. The number of Topliss-reactive ketones (excluding diaryl/α,β-unsaturated/α-hetero) is 1. The van der Waals surface area contributed by atoms with E-state index in [1.807, 2.05) is 43.3 Å². The second kappa shape index (κ2) is 10.1. The van der Waals surface area contributed by atoms with E-state index in [9.17, 15) is 14.7 Å². The summed E-state index contributed by atoms with van der Waals surface area (Å²) in [5.41, 5.74) is 1.31. The van der Waals surface area contributed by atoms with Crippen molar-refractivity contribution in [3.8, 4) is 5.75 Å². The number of likely N-dealkylation sites (tertiary alicyclic amines) is 1. The van der Waals surface area contributed by atoms with Gasteiger partial charge in [-0.15, -0.1) is 0 Å². The average Bonchev–Trinajstić information content (AvgIpc) is 3.03. The molecular formula is C25H28N2O4. The van der Waals surface area contributed by atoms with Gasteiger partial charge in [0.05, 0.1) is 11.6 Å². The molecule has 31 heavy (non-hydrogen) atoms. The van der Waals surface area contributed by atoms with E-state index in [1.165, 1.54) is 0 Å². The minimum atomic E-state index is -0.686. The molecule has 1 fully saturated rings. The van der Waals surface area contributed by atoms with Gasteiger partial charge in [-0.2, -0.15) is 0 Å². The molecule has 0 unspecified atom stereocenters. The van der Waals surface area contributed by atoms with Crippen LogP contribution in [0.1, 0.15) is 23.6 Å². The molecule has 3 rings (SSSR count). The van der Waals surface area contributed by atoms with Crippen LogP contribution < -0.4 is 4.74 Å². The number of nitrogens with zero attached hydrogens (tertiary/aromatic N) is 2. The third-order valence-electron chi connectivity index (χ3n) is 5.13. The fourth-order valence-corrected chi connectivity index (χ4v) is 3.70. The normalized spacial score (nSPS) is 17.9. The molecule has 1 heterocycles. The first-order valence-corrected chi connectivity index (χ1v) is 10.3. The molecule has 6 heteroatoms. The Kier molecular flexibility index (Phi) is 7.26. The molecule has 0 aromatic heterocycles. The Morgan fingerprint density at radius 2 is 1.90 bits per heavy atom. The van der Waals surface area contributed by atoms with Crippen molar-refractivity contribution in [1.29, 1.82) is 0 Å². The topological polar surface area (TPSA) is 70.1 Å². The van der Waals surface area contributed by atoms with E-state index in [2.05, 4.69) is 6.58 Å². The van der Waals surface area contributed by atoms with Gasteiger partial charge < -0.3 is 19.6 Å². The minimum absolute atomic E-state index is 0.0990. The number of hydrogen-bond acceptors (Lipinski definition) is 5. The van der Waals surface area contributed by atoms with Crippen LogP contribution >= 0.6 is 0 Å². The molecule has 0 saturated carbocycles. The van der Waals surface area contributed by atoms with Gasteiger partial charge in [0.1, 0.15) is 18.1 Å². The number of ketones is 1. The van der Waals surface area contributed by atoms with E-state index >= 15 is 0 Å². The second-order valence-electron chi connectivity index (χ2n) is 7.69. The van der Waals surface area contributed by atoms with E-state index < -0.39 is 17.7 Å². The Morgan fingerprint density at radius 3 is 2.58 bits per heavy atom. The number of rotatable bonds is 9. The standard InChI is InChI=1S/C25H28N2O4/c1-4-16-31-20-13-8-12-19(17-20)22-21(23(28)18-10-6-5-7-11-18)24(29)25(30)27(22)15-9-14-26(2)3/h4-8,10-13,17,22,28H,1,9,14-16H2,2-3H3/t22-/m0/s1. The van der Waals surface area contributed by atoms with Gasteiger partial charge >= 0.3 is 0 Å². The molecule has 1 aliphatic rings. The first-order chi connectivity index (χ1) is 14.9. The van der Waals surface area contributed by atoms with Crippen LogP contribution in [0.25, 0.3) is 5.76 Å². The molecule has 2 aromatic rings. The highest BCUT2D eigenvalue weighted by Crippen LogP contribution is 2.40. The van der Waals surface area contributed by atoms with Crippen molar-refractivity contribution in [1.82, 2.24) is 9.80 Å². The Labute approximate surface area is 183 Å². The Morgan fingerprint density at radius 1 is 1.16 bits per heavy atom. The van der Waals surface area contributed by atoms with Gasteiger partial charge in [-0.3, -0.25) is 9.59 Å². The van der Waals surface area contributed by atoms with Crippen LogP contribution in [-0.4, -0.2) is 60.4 Å². The van der Waals surface area contributed by atoms with Crippen LogP contribution in [-0.2, 0) is 9.59 Å². The summed E-state index contributed by atoms with van der Waals surface area (Å²) in [4.78, 5) is 29.5. The number of aliphatic hydroxyl groups excluding tert-OH is 1. The van der Waals surface area contributed by atoms with Gasteiger partial charge in [-0.05, 0) is 44.8 Å². The van der Waals surface area contributed by atoms with Crippen LogP contribution in [0.4, 0.5) is 0 Å². The highest BCUT2D eigenvalue weighted by Gasteiger charge is 2.45. The van der Waals surface area contributed by atoms with Gasteiger partial charge in [0.2, 0.25) is 0 Å². The summed E-state index contributed by atoms with van der Waals surface area (Å²) in [6.45, 7) is 5.18. The molecule has 1 aliphatic heterocycles. The first-order valence-electron chi connectivity index (χ1n) is 10.3. The van der Waals surface area contributed by atoms with E-state index in [-0.39, 0.29) is 11.3 Å². The number of hydrogen-bond donors (Lipinski definition) is 1. The Bertz CT molecular complexity index is 982. The molecule has 0 radical (unpaired) electrons. The van der Waals surface area contributed by atoms with Crippen molar-refractivity contribution in [2.24, 2.45) is 0 Å². The van der Waals surface area contributed by atoms with Gasteiger partial charge in [-0.25, -0.2) is 0 Å². The molecule has 0 aliphatic carbocycles. The van der Waals surface area contributed by atoms with Crippen LogP contribution in [0.3, 0.4) is 0 Å². The van der Waals surface area contributed by atoms with Crippen LogP contribution in [0, 0.1) is 0 Å². The summed E-state index contributed by atoms with van der Waals surface area (Å²) in [6, 6.07) is 15.4. The number of carbonyl (C=O) groups excluding carboxylic acids is 2. The average molecular weight is 421 g/mol. The Hall–Kier alpha value is -3.38. The Balaban J connectivity index is 2.07. The lowest BCUT2D eigenvalue weighted by Gasteiger charge is -2.26. The number of carbonyl (C=O) groups is 2. The summed E-state index contributed by atoms with van der Waals surface area (Å²) < 4.78 is 5.65. The summed E-state index contributed by atoms with van der Waals surface area (Å²) >= 11 is 0. The zero-order chi connectivity index (χ0) is 22.4. The lowest BCUT2D eigenvalue weighted by atomic mass is 9.95. The van der Waals surface area contributed by atoms with Gasteiger partial charge in [0.15, 0.2) is 0 Å². The largest absolute Gasteiger partial charge is 0.507 e. The lowest BCUT2D eigenvalue weighted by Crippen LogP contribution is -2.32. The molecule has 162 valence electrons. The molecule has 2 aromatic carbocycles. The molecule has 1 N–H and O–H groups in total. The highest BCUT2D eigenvalue weighted by atomic mass is 16.5. The molecule has 1 amide bonds. The van der Waals surface area contributed by atoms with Crippen LogP contribution in [0.15, 0.2) is 72.8 Å². The summed E-state index contributed by atoms with van der Waals surface area (Å²) in [6.07, 6.45) is 2.35. The van der Waals surface area contributed by atoms with E-state index in [0.717, 1.165) is 6.54 Å². The summed E-state index contributed by atoms with van der Waals surface area (Å²) in [5, 5.41) is 11.0. The number of amides is 1. The van der Waals surface area contributed by atoms with Crippen molar-refractivity contribution < 1.29 is 19.4 Å². The third kappa shape index (κ3) is 5.03. The van der Waals surface area contributed by atoms with Crippen molar-refractivity contribution in [2.45, 2.75) is 12.5 Å². The van der Waals surface area contributed by atoms with Crippen molar-refractivity contribution in [3.05, 3.63) is 84.0 Å². The molecular weight excluding hydrogens is 392 g/mol.